The Kier molecular flexibility index (Phi) is 2.94. The fraction of sp³-hybridized carbons (Fsp3) is 0.250. The highest BCUT2D eigenvalue weighted by Gasteiger charge is 2.20. The van der Waals surface area contributed by atoms with E-state index in [2.05, 4.69) is 4.98 Å². The standard InChI is InChI=1S/C8H8F2N4/c9-7(10)6-5(2-12)4(1-11)3-14-8(6)13/h3,7H,1,11H2,(H2,13,14). The predicted molar refractivity (Wildman–Crippen MR) is 46.2 cm³/mol. The third-order valence-electron chi connectivity index (χ3n) is 1.78. The molecule has 0 spiro atoms. The first-order chi connectivity index (χ1) is 6.61. The van der Waals surface area contributed by atoms with Crippen LogP contribution in [0.4, 0.5) is 14.6 Å². The van der Waals surface area contributed by atoms with E-state index in [9.17, 15) is 8.78 Å². The van der Waals surface area contributed by atoms with Crippen LogP contribution in [-0.4, -0.2) is 4.98 Å². The summed E-state index contributed by atoms with van der Waals surface area (Å²) in [7, 11) is 0. The molecule has 0 saturated carbocycles. The minimum Gasteiger partial charge on any atom is -0.383 e. The molecule has 74 valence electrons. The van der Waals surface area contributed by atoms with E-state index in [0.29, 0.717) is 0 Å². The second-order valence-electron chi connectivity index (χ2n) is 2.57. The first-order valence-electron chi connectivity index (χ1n) is 3.77. The molecule has 4 N–H and O–H groups in total. The molecule has 1 aromatic rings. The summed E-state index contributed by atoms with van der Waals surface area (Å²) in [6.07, 6.45) is -1.58. The second kappa shape index (κ2) is 3.98. The zero-order chi connectivity index (χ0) is 10.7. The average molecular weight is 198 g/mol. The number of pyridine rings is 1. The van der Waals surface area contributed by atoms with Crippen molar-refractivity contribution >= 4 is 5.82 Å². The van der Waals surface area contributed by atoms with Crippen LogP contribution < -0.4 is 11.5 Å². The van der Waals surface area contributed by atoms with Gasteiger partial charge in [0.2, 0.25) is 0 Å². The van der Waals surface area contributed by atoms with Crippen LogP contribution in [0, 0.1) is 11.3 Å². The van der Waals surface area contributed by atoms with Crippen molar-refractivity contribution in [3.63, 3.8) is 0 Å². The van der Waals surface area contributed by atoms with E-state index in [4.69, 9.17) is 16.7 Å². The number of nitriles is 1. The predicted octanol–water partition coefficient (Wildman–Crippen LogP) is 0.932. The number of halogens is 2. The molecule has 0 atom stereocenters. The zero-order valence-electron chi connectivity index (χ0n) is 7.17. The Morgan fingerprint density at radius 2 is 2.21 bits per heavy atom. The molecule has 0 bridgehead atoms. The summed E-state index contributed by atoms with van der Waals surface area (Å²) in [4.78, 5) is 3.55. The number of alkyl halides is 2. The molecule has 0 aliphatic rings. The third-order valence-corrected chi connectivity index (χ3v) is 1.78. The van der Waals surface area contributed by atoms with E-state index >= 15 is 0 Å². The van der Waals surface area contributed by atoms with E-state index in [1.807, 2.05) is 0 Å². The summed E-state index contributed by atoms with van der Waals surface area (Å²) < 4.78 is 25.0. The lowest BCUT2D eigenvalue weighted by Gasteiger charge is -2.08. The third kappa shape index (κ3) is 1.63. The van der Waals surface area contributed by atoms with Crippen molar-refractivity contribution in [3.05, 3.63) is 22.9 Å². The highest BCUT2D eigenvalue weighted by atomic mass is 19.3. The number of hydrogen-bond acceptors (Lipinski definition) is 4. The van der Waals surface area contributed by atoms with E-state index in [1.165, 1.54) is 6.20 Å². The number of nitrogens with zero attached hydrogens (tertiary/aromatic N) is 2. The van der Waals surface area contributed by atoms with Crippen molar-refractivity contribution < 1.29 is 8.78 Å². The molecule has 0 amide bonds. The summed E-state index contributed by atoms with van der Waals surface area (Å²) in [5, 5.41) is 8.68. The summed E-state index contributed by atoms with van der Waals surface area (Å²) in [5.74, 6) is -0.325. The molecule has 1 rings (SSSR count). The highest BCUT2D eigenvalue weighted by Crippen LogP contribution is 2.28. The van der Waals surface area contributed by atoms with Gasteiger partial charge in [0, 0.05) is 18.3 Å². The quantitative estimate of drug-likeness (QED) is 0.739. The summed E-state index contributed by atoms with van der Waals surface area (Å²) >= 11 is 0. The lowest BCUT2D eigenvalue weighted by Crippen LogP contribution is -2.08. The van der Waals surface area contributed by atoms with Crippen LogP contribution >= 0.6 is 0 Å². The Labute approximate surface area is 79.1 Å². The largest absolute Gasteiger partial charge is 0.383 e. The molecule has 0 aliphatic carbocycles. The minimum absolute atomic E-state index is 0.0180. The Bertz CT molecular complexity index is 384. The number of aromatic nitrogens is 1. The van der Waals surface area contributed by atoms with Crippen LogP contribution in [0.15, 0.2) is 6.20 Å². The SMILES string of the molecule is N#Cc1c(CN)cnc(N)c1C(F)F. The minimum atomic E-state index is -2.82. The van der Waals surface area contributed by atoms with Crippen molar-refractivity contribution in [2.45, 2.75) is 13.0 Å². The normalized spacial score (nSPS) is 10.2. The van der Waals surface area contributed by atoms with E-state index in [1.54, 1.807) is 6.07 Å². The molecule has 14 heavy (non-hydrogen) atoms. The van der Waals surface area contributed by atoms with E-state index < -0.39 is 12.0 Å². The van der Waals surface area contributed by atoms with E-state index in [0.717, 1.165) is 0 Å². The molecule has 0 radical (unpaired) electrons. The van der Waals surface area contributed by atoms with Gasteiger partial charge in [-0.25, -0.2) is 13.8 Å². The second-order valence-corrected chi connectivity index (χ2v) is 2.57. The van der Waals surface area contributed by atoms with Crippen molar-refractivity contribution in [2.75, 3.05) is 5.73 Å². The zero-order valence-corrected chi connectivity index (χ0v) is 7.17. The summed E-state index contributed by atoms with van der Waals surface area (Å²) in [6, 6.07) is 1.66. The molecule has 1 heterocycles. The van der Waals surface area contributed by atoms with Crippen LogP contribution in [0.2, 0.25) is 0 Å². The molecule has 0 saturated heterocycles. The van der Waals surface area contributed by atoms with Crippen LogP contribution in [0.3, 0.4) is 0 Å². The molecule has 0 aliphatic heterocycles. The Hall–Kier alpha value is -1.74. The van der Waals surface area contributed by atoms with Gasteiger partial charge in [-0.1, -0.05) is 0 Å². The van der Waals surface area contributed by atoms with E-state index in [-0.39, 0.29) is 23.5 Å². The van der Waals surface area contributed by atoms with Gasteiger partial charge in [0.05, 0.1) is 11.1 Å². The number of anilines is 1. The lowest BCUT2D eigenvalue weighted by molar-refractivity contribution is 0.151. The van der Waals surface area contributed by atoms with Crippen LogP contribution in [0.25, 0.3) is 0 Å². The van der Waals surface area contributed by atoms with Crippen molar-refractivity contribution in [3.8, 4) is 6.07 Å². The fourth-order valence-corrected chi connectivity index (χ4v) is 1.09. The summed E-state index contributed by atoms with van der Waals surface area (Å²) in [5.41, 5.74) is 10.1. The van der Waals surface area contributed by atoms with Crippen LogP contribution in [0.5, 0.6) is 0 Å². The van der Waals surface area contributed by atoms with Gasteiger partial charge in [-0.15, -0.1) is 0 Å². The van der Waals surface area contributed by atoms with Gasteiger partial charge in [0.1, 0.15) is 11.9 Å². The maximum Gasteiger partial charge on any atom is 0.268 e. The monoisotopic (exact) mass is 198 g/mol. The maximum absolute atomic E-state index is 12.5. The number of nitrogen functional groups attached to an aromatic ring is 1. The van der Waals surface area contributed by atoms with Gasteiger partial charge < -0.3 is 11.5 Å². The van der Waals surface area contributed by atoms with Crippen LogP contribution in [0.1, 0.15) is 23.1 Å². The van der Waals surface area contributed by atoms with Crippen LogP contribution in [-0.2, 0) is 6.54 Å². The van der Waals surface area contributed by atoms with Gasteiger partial charge in [0.15, 0.2) is 0 Å². The Morgan fingerprint density at radius 3 is 2.64 bits per heavy atom. The molecule has 0 unspecified atom stereocenters. The van der Waals surface area contributed by atoms with Gasteiger partial charge in [-0.3, -0.25) is 0 Å². The smallest absolute Gasteiger partial charge is 0.268 e. The molecule has 1 aromatic heterocycles. The molecule has 4 nitrogen and oxygen atoms in total. The number of rotatable bonds is 2. The van der Waals surface area contributed by atoms with Gasteiger partial charge in [-0.05, 0) is 0 Å². The van der Waals surface area contributed by atoms with Gasteiger partial charge in [-0.2, -0.15) is 5.26 Å². The molecular formula is C8H8F2N4. The first kappa shape index (κ1) is 10.3. The maximum atomic E-state index is 12.5. The topological polar surface area (TPSA) is 88.7 Å². The Balaban J connectivity index is 3.45. The molecule has 0 fully saturated rings. The Morgan fingerprint density at radius 1 is 1.57 bits per heavy atom. The highest BCUT2D eigenvalue weighted by molar-refractivity contribution is 5.54. The molecular weight excluding hydrogens is 190 g/mol. The first-order valence-corrected chi connectivity index (χ1v) is 3.77. The van der Waals surface area contributed by atoms with Crippen molar-refractivity contribution in [1.29, 1.82) is 5.26 Å². The lowest BCUT2D eigenvalue weighted by atomic mass is 10.1. The van der Waals surface area contributed by atoms with Crippen molar-refractivity contribution in [2.24, 2.45) is 5.73 Å². The van der Waals surface area contributed by atoms with Gasteiger partial charge in [0.25, 0.3) is 6.43 Å². The number of nitrogens with two attached hydrogens (primary N) is 2. The number of hydrogen-bond donors (Lipinski definition) is 2. The summed E-state index contributed by atoms with van der Waals surface area (Å²) in [6.45, 7) is -0.0180. The molecule has 6 heteroatoms. The average Bonchev–Trinajstić information content (AvgIpc) is 2.16. The van der Waals surface area contributed by atoms with Crippen molar-refractivity contribution in [1.82, 2.24) is 4.98 Å². The van der Waals surface area contributed by atoms with Gasteiger partial charge >= 0.3 is 0 Å². The molecule has 0 aromatic carbocycles. The fourth-order valence-electron chi connectivity index (χ4n) is 1.09.